The van der Waals surface area contributed by atoms with Gasteiger partial charge < -0.3 is 4.74 Å². The zero-order chi connectivity index (χ0) is 14.3. The standard InChI is InChI=1S/C13H14N2O5/c1-8-11-7-19-14(12(11)13(16)20-8)6-9-3-2-4-10(5-9)15(17)18/h2-5,8,11-12H,6-7H2,1H3/t8-,11-,12-/m0/s1. The molecular formula is C13H14N2O5. The topological polar surface area (TPSA) is 81.9 Å². The minimum Gasteiger partial charge on any atom is -0.461 e. The average molecular weight is 278 g/mol. The van der Waals surface area contributed by atoms with Crippen LogP contribution in [-0.2, 0) is 20.9 Å². The zero-order valence-electron chi connectivity index (χ0n) is 10.9. The summed E-state index contributed by atoms with van der Waals surface area (Å²) in [6.07, 6.45) is -0.150. The van der Waals surface area contributed by atoms with Crippen molar-refractivity contribution in [1.29, 1.82) is 0 Å². The molecular weight excluding hydrogens is 264 g/mol. The lowest BCUT2D eigenvalue weighted by Gasteiger charge is -2.18. The van der Waals surface area contributed by atoms with Gasteiger partial charge in [-0.15, -0.1) is 0 Å². The number of carbonyl (C=O) groups excluding carboxylic acids is 1. The van der Waals surface area contributed by atoms with Crippen molar-refractivity contribution in [3.63, 3.8) is 0 Å². The number of ether oxygens (including phenoxy) is 1. The van der Waals surface area contributed by atoms with E-state index in [9.17, 15) is 14.9 Å². The monoisotopic (exact) mass is 278 g/mol. The average Bonchev–Trinajstić information content (AvgIpc) is 2.94. The molecule has 0 N–H and O–H groups in total. The number of hydroxylamine groups is 2. The Kier molecular flexibility index (Phi) is 3.15. The molecule has 2 fully saturated rings. The molecule has 0 bridgehead atoms. The molecule has 1 aromatic carbocycles. The maximum Gasteiger partial charge on any atom is 0.326 e. The smallest absolute Gasteiger partial charge is 0.326 e. The van der Waals surface area contributed by atoms with Gasteiger partial charge in [-0.05, 0) is 12.5 Å². The predicted molar refractivity (Wildman–Crippen MR) is 67.4 cm³/mol. The first kappa shape index (κ1) is 13.0. The maximum absolute atomic E-state index is 11.8. The zero-order valence-corrected chi connectivity index (χ0v) is 10.9. The van der Waals surface area contributed by atoms with E-state index in [0.717, 1.165) is 5.56 Å². The molecule has 0 saturated carbocycles. The van der Waals surface area contributed by atoms with Gasteiger partial charge in [-0.1, -0.05) is 12.1 Å². The number of non-ortho nitro benzene ring substituents is 1. The van der Waals surface area contributed by atoms with Gasteiger partial charge in [0.05, 0.1) is 18.1 Å². The van der Waals surface area contributed by atoms with Gasteiger partial charge in [0.25, 0.3) is 5.69 Å². The Balaban J connectivity index is 1.77. The first-order valence-electron chi connectivity index (χ1n) is 6.39. The summed E-state index contributed by atoms with van der Waals surface area (Å²) in [5, 5.41) is 12.3. The fourth-order valence-corrected chi connectivity index (χ4v) is 2.68. The molecule has 0 spiro atoms. The molecule has 20 heavy (non-hydrogen) atoms. The highest BCUT2D eigenvalue weighted by molar-refractivity contribution is 5.78. The van der Waals surface area contributed by atoms with Crippen LogP contribution in [0.25, 0.3) is 0 Å². The molecule has 7 heteroatoms. The van der Waals surface area contributed by atoms with Crippen molar-refractivity contribution in [1.82, 2.24) is 5.06 Å². The Bertz CT molecular complexity index is 561. The van der Waals surface area contributed by atoms with E-state index < -0.39 is 11.0 Å². The van der Waals surface area contributed by atoms with Crippen molar-refractivity contribution in [2.24, 2.45) is 5.92 Å². The molecule has 2 aliphatic heterocycles. The number of nitro groups is 1. The van der Waals surface area contributed by atoms with Crippen molar-refractivity contribution in [3.05, 3.63) is 39.9 Å². The molecule has 0 aromatic heterocycles. The van der Waals surface area contributed by atoms with E-state index in [2.05, 4.69) is 0 Å². The highest BCUT2D eigenvalue weighted by Gasteiger charge is 2.51. The lowest BCUT2D eigenvalue weighted by molar-refractivity contribution is -0.385. The van der Waals surface area contributed by atoms with Crippen molar-refractivity contribution < 1.29 is 19.3 Å². The number of carbonyl (C=O) groups is 1. The lowest BCUT2D eigenvalue weighted by Crippen LogP contribution is -2.35. The SMILES string of the molecule is C[C@@H]1OC(=O)[C@@H]2[C@H]1CON2Cc1cccc([N+](=O)[O-])c1. The summed E-state index contributed by atoms with van der Waals surface area (Å²) in [5.41, 5.74) is 0.757. The summed E-state index contributed by atoms with van der Waals surface area (Å²) in [7, 11) is 0. The van der Waals surface area contributed by atoms with Crippen LogP contribution in [-0.4, -0.2) is 34.7 Å². The lowest BCUT2D eigenvalue weighted by atomic mass is 9.99. The van der Waals surface area contributed by atoms with Crippen molar-refractivity contribution in [2.45, 2.75) is 25.6 Å². The van der Waals surface area contributed by atoms with Crippen molar-refractivity contribution in [3.8, 4) is 0 Å². The van der Waals surface area contributed by atoms with E-state index in [1.165, 1.54) is 12.1 Å². The summed E-state index contributed by atoms with van der Waals surface area (Å²) in [6.45, 7) is 2.61. The summed E-state index contributed by atoms with van der Waals surface area (Å²) in [6, 6.07) is 5.90. The maximum atomic E-state index is 11.8. The number of fused-ring (bicyclic) bond motifs is 1. The second-order valence-corrected chi connectivity index (χ2v) is 5.05. The van der Waals surface area contributed by atoms with E-state index in [-0.39, 0.29) is 23.7 Å². The Labute approximate surface area is 115 Å². The number of rotatable bonds is 3. The molecule has 2 aliphatic rings. The number of hydrogen-bond donors (Lipinski definition) is 0. The van der Waals surface area contributed by atoms with Gasteiger partial charge in [-0.2, -0.15) is 5.06 Å². The normalized spacial score (nSPS) is 29.2. The van der Waals surface area contributed by atoms with Gasteiger partial charge in [-0.3, -0.25) is 19.7 Å². The summed E-state index contributed by atoms with van der Waals surface area (Å²) in [4.78, 5) is 27.6. The molecule has 2 heterocycles. The summed E-state index contributed by atoms with van der Waals surface area (Å²) in [5.74, 6) is -0.258. The molecule has 3 rings (SSSR count). The molecule has 3 atom stereocenters. The second kappa shape index (κ2) is 4.84. The van der Waals surface area contributed by atoms with E-state index in [4.69, 9.17) is 9.57 Å². The largest absolute Gasteiger partial charge is 0.461 e. The van der Waals surface area contributed by atoms with Gasteiger partial charge in [-0.25, -0.2) is 0 Å². The minimum atomic E-state index is -0.441. The van der Waals surface area contributed by atoms with Gasteiger partial charge in [0.1, 0.15) is 12.1 Å². The van der Waals surface area contributed by atoms with Crippen LogP contribution in [0, 0.1) is 16.0 Å². The van der Waals surface area contributed by atoms with Crippen LogP contribution >= 0.6 is 0 Å². The van der Waals surface area contributed by atoms with E-state index in [1.807, 2.05) is 6.92 Å². The van der Waals surface area contributed by atoms with Crippen LogP contribution in [0.3, 0.4) is 0 Å². The Hall–Kier alpha value is -1.99. The molecule has 0 amide bonds. The van der Waals surface area contributed by atoms with Crippen molar-refractivity contribution in [2.75, 3.05) is 6.61 Å². The highest BCUT2D eigenvalue weighted by atomic mass is 16.7. The number of benzene rings is 1. The molecule has 2 saturated heterocycles. The van der Waals surface area contributed by atoms with Crippen LogP contribution in [0.1, 0.15) is 12.5 Å². The Morgan fingerprint density at radius 2 is 2.30 bits per heavy atom. The Morgan fingerprint density at radius 1 is 1.50 bits per heavy atom. The number of cyclic esters (lactones) is 1. The summed E-state index contributed by atoms with van der Waals surface area (Å²) >= 11 is 0. The highest BCUT2D eigenvalue weighted by Crippen LogP contribution is 2.34. The van der Waals surface area contributed by atoms with Crippen LogP contribution in [0.2, 0.25) is 0 Å². The number of nitro benzene ring substituents is 1. The molecule has 1 aromatic rings. The number of nitrogens with zero attached hydrogens (tertiary/aromatic N) is 2. The Morgan fingerprint density at radius 3 is 3.05 bits per heavy atom. The van der Waals surface area contributed by atoms with Crippen LogP contribution in [0.15, 0.2) is 24.3 Å². The van der Waals surface area contributed by atoms with Crippen molar-refractivity contribution >= 4 is 11.7 Å². The predicted octanol–water partition coefficient (Wildman–Crippen LogP) is 1.27. The molecule has 0 unspecified atom stereocenters. The van der Waals surface area contributed by atoms with Gasteiger partial charge in [0.15, 0.2) is 0 Å². The van der Waals surface area contributed by atoms with Crippen LogP contribution in [0.4, 0.5) is 5.69 Å². The molecule has 0 radical (unpaired) electrons. The first-order valence-corrected chi connectivity index (χ1v) is 6.39. The van der Waals surface area contributed by atoms with Gasteiger partial charge in [0, 0.05) is 18.1 Å². The number of hydrogen-bond acceptors (Lipinski definition) is 6. The molecule has 7 nitrogen and oxygen atoms in total. The fourth-order valence-electron chi connectivity index (χ4n) is 2.68. The minimum absolute atomic E-state index is 0.0283. The van der Waals surface area contributed by atoms with Crippen LogP contribution in [0.5, 0.6) is 0 Å². The summed E-state index contributed by atoms with van der Waals surface area (Å²) < 4.78 is 5.19. The third-order valence-corrected chi connectivity index (χ3v) is 3.75. The number of esters is 1. The first-order chi connectivity index (χ1) is 9.56. The third-order valence-electron chi connectivity index (χ3n) is 3.75. The van der Waals surface area contributed by atoms with Crippen LogP contribution < -0.4 is 0 Å². The second-order valence-electron chi connectivity index (χ2n) is 5.05. The van der Waals surface area contributed by atoms with Gasteiger partial charge in [0.2, 0.25) is 0 Å². The quantitative estimate of drug-likeness (QED) is 0.470. The van der Waals surface area contributed by atoms with E-state index >= 15 is 0 Å². The molecule has 0 aliphatic carbocycles. The van der Waals surface area contributed by atoms with Gasteiger partial charge >= 0.3 is 5.97 Å². The third kappa shape index (κ3) is 2.14. The molecule has 106 valence electrons. The van der Waals surface area contributed by atoms with E-state index in [0.29, 0.717) is 13.2 Å². The van der Waals surface area contributed by atoms with E-state index in [1.54, 1.807) is 17.2 Å². The fraction of sp³-hybridized carbons (Fsp3) is 0.462.